The predicted molar refractivity (Wildman–Crippen MR) is 79.0 cm³/mol. The van der Waals surface area contributed by atoms with Crippen molar-refractivity contribution in [3.8, 4) is 5.75 Å². The summed E-state index contributed by atoms with van der Waals surface area (Å²) in [5.74, 6) is 0.535. The number of ether oxygens (including phenoxy) is 2. The topological polar surface area (TPSA) is 64.6 Å². The van der Waals surface area contributed by atoms with E-state index in [4.69, 9.17) is 9.47 Å². The lowest BCUT2D eigenvalue weighted by Crippen LogP contribution is -2.35. The Bertz CT molecular complexity index is 502. The van der Waals surface area contributed by atoms with Gasteiger partial charge in [-0.15, -0.1) is 0 Å². The molecule has 0 amide bonds. The number of sulfone groups is 1. The Hall–Kier alpha value is -1.11. The summed E-state index contributed by atoms with van der Waals surface area (Å²) in [6, 6.07) is 6.52. The zero-order chi connectivity index (χ0) is 15.0. The maximum absolute atomic E-state index is 11.5. The summed E-state index contributed by atoms with van der Waals surface area (Å²) in [5.41, 5.74) is 0. The molecule has 0 heterocycles. The van der Waals surface area contributed by atoms with Crippen LogP contribution in [0.1, 0.15) is 13.3 Å². The highest BCUT2D eigenvalue weighted by atomic mass is 32.2. The van der Waals surface area contributed by atoms with E-state index in [0.29, 0.717) is 18.9 Å². The lowest BCUT2D eigenvalue weighted by atomic mass is 10.3. The van der Waals surface area contributed by atoms with Crippen molar-refractivity contribution in [3.05, 3.63) is 24.3 Å². The van der Waals surface area contributed by atoms with Crippen molar-refractivity contribution in [3.63, 3.8) is 0 Å². The van der Waals surface area contributed by atoms with Gasteiger partial charge in [0.1, 0.15) is 11.9 Å². The van der Waals surface area contributed by atoms with Crippen LogP contribution in [0.3, 0.4) is 0 Å². The fourth-order valence-electron chi connectivity index (χ4n) is 1.73. The van der Waals surface area contributed by atoms with E-state index in [-0.39, 0.29) is 11.0 Å². The molecule has 0 aliphatic rings. The highest BCUT2D eigenvalue weighted by Gasteiger charge is 2.12. The van der Waals surface area contributed by atoms with Crippen LogP contribution in [0.5, 0.6) is 5.75 Å². The number of rotatable bonds is 9. The van der Waals surface area contributed by atoms with Gasteiger partial charge in [0, 0.05) is 19.9 Å². The van der Waals surface area contributed by atoms with Crippen molar-refractivity contribution in [1.82, 2.24) is 5.32 Å². The molecule has 1 aromatic rings. The minimum Gasteiger partial charge on any atom is -0.487 e. The van der Waals surface area contributed by atoms with E-state index in [2.05, 4.69) is 12.2 Å². The number of methoxy groups -OCH3 is 1. The van der Waals surface area contributed by atoms with Gasteiger partial charge in [0.2, 0.25) is 0 Å². The second kappa shape index (κ2) is 8.24. The zero-order valence-corrected chi connectivity index (χ0v) is 13.1. The van der Waals surface area contributed by atoms with Crippen LogP contribution in [0.25, 0.3) is 0 Å². The molecule has 1 unspecified atom stereocenters. The molecule has 0 aromatic heterocycles. The van der Waals surface area contributed by atoms with Crippen LogP contribution in [0.4, 0.5) is 0 Å². The first-order valence-electron chi connectivity index (χ1n) is 6.63. The molecule has 0 radical (unpaired) electrons. The summed E-state index contributed by atoms with van der Waals surface area (Å²) in [6.45, 7) is 4.10. The van der Waals surface area contributed by atoms with E-state index < -0.39 is 9.84 Å². The van der Waals surface area contributed by atoms with E-state index in [9.17, 15) is 8.42 Å². The minimum atomic E-state index is -3.22. The SMILES string of the molecule is CCCNCC(COC)Oc1cccc(S(C)(=O)=O)c1. The van der Waals surface area contributed by atoms with Crippen LogP contribution < -0.4 is 10.1 Å². The van der Waals surface area contributed by atoms with Crippen LogP contribution in [-0.4, -0.2) is 47.6 Å². The highest BCUT2D eigenvalue weighted by Crippen LogP contribution is 2.18. The highest BCUT2D eigenvalue weighted by molar-refractivity contribution is 7.90. The molecule has 6 heteroatoms. The van der Waals surface area contributed by atoms with Gasteiger partial charge in [0.25, 0.3) is 0 Å². The van der Waals surface area contributed by atoms with Gasteiger partial charge in [-0.05, 0) is 31.2 Å². The lowest BCUT2D eigenvalue weighted by Gasteiger charge is -2.19. The Morgan fingerprint density at radius 2 is 2.10 bits per heavy atom. The Morgan fingerprint density at radius 3 is 2.70 bits per heavy atom. The van der Waals surface area contributed by atoms with Gasteiger partial charge in [0.15, 0.2) is 9.84 Å². The van der Waals surface area contributed by atoms with Gasteiger partial charge < -0.3 is 14.8 Å². The van der Waals surface area contributed by atoms with Crippen molar-refractivity contribution in [2.45, 2.75) is 24.3 Å². The van der Waals surface area contributed by atoms with E-state index in [1.165, 1.54) is 12.3 Å². The normalized spacial score (nSPS) is 13.2. The van der Waals surface area contributed by atoms with E-state index in [1.807, 2.05) is 0 Å². The smallest absolute Gasteiger partial charge is 0.175 e. The van der Waals surface area contributed by atoms with Gasteiger partial charge >= 0.3 is 0 Å². The van der Waals surface area contributed by atoms with Crippen molar-refractivity contribution in [2.75, 3.05) is 33.1 Å². The Morgan fingerprint density at radius 1 is 1.35 bits per heavy atom. The summed E-state index contributed by atoms with van der Waals surface area (Å²) in [4.78, 5) is 0.257. The molecule has 114 valence electrons. The van der Waals surface area contributed by atoms with Gasteiger partial charge in [-0.2, -0.15) is 0 Å². The average Bonchev–Trinajstić information content (AvgIpc) is 2.38. The fourth-order valence-corrected chi connectivity index (χ4v) is 2.39. The van der Waals surface area contributed by atoms with Gasteiger partial charge in [-0.3, -0.25) is 0 Å². The van der Waals surface area contributed by atoms with E-state index >= 15 is 0 Å². The zero-order valence-electron chi connectivity index (χ0n) is 12.3. The van der Waals surface area contributed by atoms with Crippen molar-refractivity contribution in [1.29, 1.82) is 0 Å². The first kappa shape index (κ1) is 16.9. The van der Waals surface area contributed by atoms with Gasteiger partial charge in [0.05, 0.1) is 11.5 Å². The molecule has 0 fully saturated rings. The minimum absolute atomic E-state index is 0.152. The molecule has 0 aliphatic carbocycles. The Kier molecular flexibility index (Phi) is 6.98. The number of nitrogens with one attached hydrogen (secondary N) is 1. The monoisotopic (exact) mass is 301 g/mol. The number of benzene rings is 1. The van der Waals surface area contributed by atoms with Crippen LogP contribution >= 0.6 is 0 Å². The van der Waals surface area contributed by atoms with E-state index in [0.717, 1.165) is 13.0 Å². The summed E-state index contributed by atoms with van der Waals surface area (Å²) in [7, 11) is -1.61. The maximum Gasteiger partial charge on any atom is 0.175 e. The molecule has 1 N–H and O–H groups in total. The quantitative estimate of drug-likeness (QED) is 0.700. The van der Waals surface area contributed by atoms with Crippen LogP contribution in [-0.2, 0) is 14.6 Å². The summed E-state index contributed by atoms with van der Waals surface area (Å²) >= 11 is 0. The molecule has 1 rings (SSSR count). The van der Waals surface area contributed by atoms with Crippen molar-refractivity contribution < 1.29 is 17.9 Å². The second-order valence-corrected chi connectivity index (χ2v) is 6.66. The predicted octanol–water partition coefficient (Wildman–Crippen LogP) is 1.48. The second-order valence-electron chi connectivity index (χ2n) is 4.65. The Labute approximate surface area is 121 Å². The number of hydrogen-bond acceptors (Lipinski definition) is 5. The third kappa shape index (κ3) is 5.90. The third-order valence-electron chi connectivity index (χ3n) is 2.69. The molecule has 1 aromatic carbocycles. The fraction of sp³-hybridized carbons (Fsp3) is 0.571. The molecule has 0 saturated carbocycles. The number of hydrogen-bond donors (Lipinski definition) is 1. The molecule has 0 spiro atoms. The molecular weight excluding hydrogens is 278 g/mol. The van der Waals surface area contributed by atoms with Crippen LogP contribution in [0.2, 0.25) is 0 Å². The first-order chi connectivity index (χ1) is 9.47. The molecule has 0 aliphatic heterocycles. The summed E-state index contributed by atoms with van der Waals surface area (Å²) in [6.07, 6.45) is 2.08. The maximum atomic E-state index is 11.5. The molecule has 5 nitrogen and oxygen atoms in total. The van der Waals surface area contributed by atoms with Crippen molar-refractivity contribution in [2.24, 2.45) is 0 Å². The Balaban J connectivity index is 2.72. The molecule has 0 saturated heterocycles. The van der Waals surface area contributed by atoms with Gasteiger partial charge in [-0.25, -0.2) is 8.42 Å². The van der Waals surface area contributed by atoms with Crippen molar-refractivity contribution >= 4 is 9.84 Å². The third-order valence-corrected chi connectivity index (χ3v) is 3.80. The average molecular weight is 301 g/mol. The van der Waals surface area contributed by atoms with Gasteiger partial charge in [-0.1, -0.05) is 13.0 Å². The molecule has 1 atom stereocenters. The molecule has 0 bridgehead atoms. The summed E-state index contributed by atoms with van der Waals surface area (Å²) in [5, 5.41) is 3.26. The lowest BCUT2D eigenvalue weighted by molar-refractivity contribution is 0.0806. The van der Waals surface area contributed by atoms with Crippen LogP contribution in [0.15, 0.2) is 29.2 Å². The summed E-state index contributed by atoms with van der Waals surface area (Å²) < 4.78 is 33.9. The van der Waals surface area contributed by atoms with Crippen LogP contribution in [0, 0.1) is 0 Å². The molecular formula is C14H23NO4S. The largest absolute Gasteiger partial charge is 0.487 e. The van der Waals surface area contributed by atoms with E-state index in [1.54, 1.807) is 25.3 Å². The first-order valence-corrected chi connectivity index (χ1v) is 8.53. The standard InChI is InChI=1S/C14H23NO4S/c1-4-8-15-10-13(11-18-2)19-12-6-5-7-14(9-12)20(3,16)17/h5-7,9,13,15H,4,8,10-11H2,1-3H3. The molecule has 20 heavy (non-hydrogen) atoms.